The number of methoxy groups -OCH3 is 1. The highest BCUT2D eigenvalue weighted by Gasteiger charge is 2.23. The number of hydrogen-bond acceptors (Lipinski definition) is 4. The number of ether oxygens (including phenoxy) is 1. The Kier molecular flexibility index (Phi) is 6.44. The first-order valence-electron chi connectivity index (χ1n) is 11.6. The molecule has 0 unspecified atom stereocenters. The van der Waals surface area contributed by atoms with Gasteiger partial charge in [0.25, 0.3) is 0 Å². The number of carbonyl (C=O) groups excluding carboxylic acids is 1. The Labute approximate surface area is 199 Å². The van der Waals surface area contributed by atoms with E-state index < -0.39 is 0 Å². The highest BCUT2D eigenvalue weighted by atomic mass is 16.5. The van der Waals surface area contributed by atoms with Gasteiger partial charge in [0.2, 0.25) is 0 Å². The highest BCUT2D eigenvalue weighted by molar-refractivity contribution is 5.91. The number of amides is 2. The van der Waals surface area contributed by atoms with Gasteiger partial charge in [0.1, 0.15) is 11.6 Å². The molecule has 4 aromatic rings. The van der Waals surface area contributed by atoms with Gasteiger partial charge in [-0.05, 0) is 29.8 Å². The van der Waals surface area contributed by atoms with Crippen LogP contribution in [-0.2, 0) is 13.1 Å². The molecule has 0 bridgehead atoms. The van der Waals surface area contributed by atoms with Gasteiger partial charge < -0.3 is 19.5 Å². The molecular weight excluding hydrogens is 426 g/mol. The van der Waals surface area contributed by atoms with Crippen LogP contribution in [0.5, 0.6) is 5.75 Å². The zero-order valence-corrected chi connectivity index (χ0v) is 19.4. The fraction of sp³-hybridized carbons (Fsp3) is 0.259. The van der Waals surface area contributed by atoms with E-state index in [1.807, 2.05) is 41.3 Å². The highest BCUT2D eigenvalue weighted by Crippen LogP contribution is 2.24. The lowest BCUT2D eigenvalue weighted by Gasteiger charge is -2.34. The van der Waals surface area contributed by atoms with Crippen molar-refractivity contribution in [1.82, 2.24) is 19.4 Å². The molecule has 1 N–H and O–H groups in total. The van der Waals surface area contributed by atoms with Crippen molar-refractivity contribution < 1.29 is 9.53 Å². The van der Waals surface area contributed by atoms with Gasteiger partial charge in [-0.2, -0.15) is 0 Å². The summed E-state index contributed by atoms with van der Waals surface area (Å²) in [5.74, 6) is 1.71. The quantitative estimate of drug-likeness (QED) is 0.467. The average Bonchev–Trinajstić information content (AvgIpc) is 3.22. The van der Waals surface area contributed by atoms with Gasteiger partial charge in [-0.1, -0.05) is 54.6 Å². The normalized spacial score (nSPS) is 14.3. The van der Waals surface area contributed by atoms with Gasteiger partial charge in [-0.3, -0.25) is 4.90 Å². The minimum Gasteiger partial charge on any atom is -0.495 e. The first-order valence-corrected chi connectivity index (χ1v) is 11.6. The number of imidazole rings is 1. The van der Waals surface area contributed by atoms with E-state index in [1.165, 1.54) is 5.56 Å². The van der Waals surface area contributed by atoms with E-state index in [0.717, 1.165) is 43.0 Å². The van der Waals surface area contributed by atoms with E-state index >= 15 is 0 Å². The van der Waals surface area contributed by atoms with Gasteiger partial charge in [0.05, 0.1) is 30.4 Å². The van der Waals surface area contributed by atoms with Gasteiger partial charge in [-0.15, -0.1) is 0 Å². The van der Waals surface area contributed by atoms with Crippen LogP contribution in [0.3, 0.4) is 0 Å². The average molecular weight is 456 g/mol. The van der Waals surface area contributed by atoms with Crippen molar-refractivity contribution in [1.29, 1.82) is 0 Å². The molecule has 0 aliphatic carbocycles. The van der Waals surface area contributed by atoms with E-state index in [1.54, 1.807) is 7.11 Å². The SMILES string of the molecule is COc1ccccc1NC(=O)N1CCN(Cc2nc3ccccc3n2Cc2ccccc2)CC1. The van der Waals surface area contributed by atoms with Crippen LogP contribution in [-0.4, -0.2) is 58.7 Å². The predicted octanol–water partition coefficient (Wildman–Crippen LogP) is 4.44. The van der Waals surface area contributed by atoms with E-state index in [-0.39, 0.29) is 6.03 Å². The lowest BCUT2D eigenvalue weighted by Crippen LogP contribution is -2.49. The van der Waals surface area contributed by atoms with Crippen molar-refractivity contribution in [3.05, 3.63) is 90.3 Å². The molecule has 34 heavy (non-hydrogen) atoms. The third-order valence-corrected chi connectivity index (χ3v) is 6.29. The van der Waals surface area contributed by atoms with Gasteiger partial charge >= 0.3 is 6.03 Å². The Morgan fingerprint density at radius 2 is 1.59 bits per heavy atom. The first kappa shape index (κ1) is 22.0. The lowest BCUT2D eigenvalue weighted by atomic mass is 10.2. The smallest absolute Gasteiger partial charge is 0.322 e. The number of anilines is 1. The zero-order chi connectivity index (χ0) is 23.3. The number of rotatable bonds is 6. The fourth-order valence-corrected chi connectivity index (χ4v) is 4.44. The monoisotopic (exact) mass is 455 g/mol. The molecule has 7 heteroatoms. The molecule has 0 atom stereocenters. The van der Waals surface area contributed by atoms with Crippen LogP contribution in [0.25, 0.3) is 11.0 Å². The number of nitrogens with zero attached hydrogens (tertiary/aromatic N) is 4. The number of urea groups is 1. The molecule has 2 heterocycles. The van der Waals surface area contributed by atoms with Crippen molar-refractivity contribution >= 4 is 22.8 Å². The van der Waals surface area contributed by atoms with Gasteiger partial charge in [0.15, 0.2) is 0 Å². The number of carbonyl (C=O) groups is 1. The molecule has 0 saturated carbocycles. The Morgan fingerprint density at radius 3 is 2.38 bits per heavy atom. The maximum Gasteiger partial charge on any atom is 0.322 e. The number of aromatic nitrogens is 2. The summed E-state index contributed by atoms with van der Waals surface area (Å²) in [5.41, 5.74) is 4.11. The molecule has 0 spiro atoms. The van der Waals surface area contributed by atoms with Gasteiger partial charge in [-0.25, -0.2) is 9.78 Å². The second-order valence-corrected chi connectivity index (χ2v) is 8.48. The molecular formula is C27H29N5O2. The summed E-state index contributed by atoms with van der Waals surface area (Å²) in [6, 6.07) is 26.2. The molecule has 174 valence electrons. The standard InChI is InChI=1S/C27H29N5O2/c1-34-25-14-8-6-12-23(25)29-27(33)31-17-15-30(16-18-31)20-26-28-22-11-5-7-13-24(22)32(26)19-21-9-3-2-4-10-21/h2-14H,15-20H2,1H3,(H,29,33). The van der Waals surface area contributed by atoms with Crippen molar-refractivity contribution in [2.24, 2.45) is 0 Å². The molecule has 0 radical (unpaired) electrons. The van der Waals surface area contributed by atoms with E-state index in [0.29, 0.717) is 24.5 Å². The molecule has 1 fully saturated rings. The number of benzene rings is 3. The van der Waals surface area contributed by atoms with Crippen LogP contribution < -0.4 is 10.1 Å². The summed E-state index contributed by atoms with van der Waals surface area (Å²) in [7, 11) is 1.61. The lowest BCUT2D eigenvalue weighted by molar-refractivity contribution is 0.140. The van der Waals surface area contributed by atoms with Crippen LogP contribution in [0, 0.1) is 0 Å². The summed E-state index contributed by atoms with van der Waals surface area (Å²) in [4.78, 5) is 22.0. The molecule has 3 aromatic carbocycles. The number of hydrogen-bond donors (Lipinski definition) is 1. The second kappa shape index (κ2) is 9.97. The summed E-state index contributed by atoms with van der Waals surface area (Å²) in [5, 5.41) is 2.98. The Bertz CT molecular complexity index is 1260. The third kappa shape index (κ3) is 4.75. The first-order chi connectivity index (χ1) is 16.7. The number of nitrogens with one attached hydrogen (secondary N) is 1. The number of fused-ring (bicyclic) bond motifs is 1. The predicted molar refractivity (Wildman–Crippen MR) is 134 cm³/mol. The fourth-order valence-electron chi connectivity index (χ4n) is 4.44. The molecule has 1 aliphatic heterocycles. The summed E-state index contributed by atoms with van der Waals surface area (Å²) in [6.45, 7) is 4.48. The maximum atomic E-state index is 12.8. The maximum absolute atomic E-state index is 12.8. The van der Waals surface area contributed by atoms with Crippen LogP contribution in [0.2, 0.25) is 0 Å². The minimum atomic E-state index is -0.0968. The second-order valence-electron chi connectivity index (χ2n) is 8.48. The van der Waals surface area contributed by atoms with E-state index in [2.05, 4.69) is 57.2 Å². The van der Waals surface area contributed by atoms with Crippen molar-refractivity contribution in [2.45, 2.75) is 13.1 Å². The molecule has 1 saturated heterocycles. The summed E-state index contributed by atoms with van der Waals surface area (Å²) >= 11 is 0. The summed E-state index contributed by atoms with van der Waals surface area (Å²) < 4.78 is 7.66. The number of piperazine rings is 1. The molecule has 1 aromatic heterocycles. The van der Waals surface area contributed by atoms with Crippen LogP contribution in [0.15, 0.2) is 78.9 Å². The number of para-hydroxylation sites is 4. The Hall–Kier alpha value is -3.84. The van der Waals surface area contributed by atoms with E-state index in [9.17, 15) is 4.79 Å². The molecule has 7 nitrogen and oxygen atoms in total. The van der Waals surface area contributed by atoms with Crippen molar-refractivity contribution in [3.8, 4) is 5.75 Å². The molecule has 2 amide bonds. The van der Waals surface area contributed by atoms with Crippen LogP contribution in [0.4, 0.5) is 10.5 Å². The molecule has 1 aliphatic rings. The minimum absolute atomic E-state index is 0.0968. The van der Waals surface area contributed by atoms with Crippen molar-refractivity contribution in [2.75, 3.05) is 38.6 Å². The van der Waals surface area contributed by atoms with E-state index in [4.69, 9.17) is 9.72 Å². The van der Waals surface area contributed by atoms with Crippen LogP contribution in [0.1, 0.15) is 11.4 Å². The Morgan fingerprint density at radius 1 is 0.882 bits per heavy atom. The Balaban J connectivity index is 1.25. The van der Waals surface area contributed by atoms with Crippen molar-refractivity contribution in [3.63, 3.8) is 0 Å². The molecule has 5 rings (SSSR count). The zero-order valence-electron chi connectivity index (χ0n) is 19.4. The van der Waals surface area contributed by atoms with Gasteiger partial charge in [0, 0.05) is 32.7 Å². The summed E-state index contributed by atoms with van der Waals surface area (Å²) in [6.07, 6.45) is 0. The topological polar surface area (TPSA) is 62.6 Å². The third-order valence-electron chi connectivity index (χ3n) is 6.29. The van der Waals surface area contributed by atoms with Crippen LogP contribution >= 0.6 is 0 Å². The largest absolute Gasteiger partial charge is 0.495 e.